The lowest BCUT2D eigenvalue weighted by atomic mass is 9.85. The van der Waals surface area contributed by atoms with Crippen molar-refractivity contribution in [1.29, 1.82) is 0 Å². The van der Waals surface area contributed by atoms with E-state index in [4.69, 9.17) is 0 Å². The smallest absolute Gasteiger partial charge is 0.00299 e. The quantitative estimate of drug-likeness (QED) is 0.643. The van der Waals surface area contributed by atoms with E-state index in [0.29, 0.717) is 0 Å². The van der Waals surface area contributed by atoms with Crippen molar-refractivity contribution < 1.29 is 0 Å². The minimum absolute atomic E-state index is 0.899. The van der Waals surface area contributed by atoms with Gasteiger partial charge in [0.2, 0.25) is 0 Å². The van der Waals surface area contributed by atoms with Gasteiger partial charge in [0.25, 0.3) is 0 Å². The predicted octanol–water partition coefficient (Wildman–Crippen LogP) is 6.06. The molecule has 4 rings (SSSR count). The van der Waals surface area contributed by atoms with Gasteiger partial charge < -0.3 is 0 Å². The van der Waals surface area contributed by atoms with Crippen molar-refractivity contribution in [2.75, 3.05) is 0 Å². The normalized spacial score (nSPS) is 15.3. The van der Waals surface area contributed by atoms with E-state index in [1.165, 1.54) is 33.4 Å². The van der Waals surface area contributed by atoms with Crippen LogP contribution in [0.2, 0.25) is 0 Å². The second-order valence-electron chi connectivity index (χ2n) is 6.00. The third kappa shape index (κ3) is 2.83. The first-order chi connectivity index (χ1) is 11.9. The number of hydrogen-bond donors (Lipinski definition) is 0. The maximum atomic E-state index is 3.53. The molecule has 24 heavy (non-hydrogen) atoms. The van der Waals surface area contributed by atoms with Crippen molar-refractivity contribution in [2.24, 2.45) is 0 Å². The molecule has 115 valence electrons. The van der Waals surface area contributed by atoms with E-state index in [-0.39, 0.29) is 0 Å². The first kappa shape index (κ1) is 14.7. The lowest BCUT2D eigenvalue weighted by Gasteiger charge is -2.18. The molecule has 0 spiro atoms. The van der Waals surface area contributed by atoms with Crippen molar-refractivity contribution in [1.82, 2.24) is 0 Å². The van der Waals surface area contributed by atoms with Crippen LogP contribution in [0.4, 0.5) is 0 Å². The van der Waals surface area contributed by atoms with Crippen molar-refractivity contribution >= 4 is 5.57 Å². The molecular weight excluding hydrogens is 288 g/mol. The third-order valence-electron chi connectivity index (χ3n) is 4.43. The Morgan fingerprint density at radius 3 is 1.92 bits per heavy atom. The third-order valence-corrected chi connectivity index (χ3v) is 4.43. The Morgan fingerprint density at radius 2 is 1.42 bits per heavy atom. The molecule has 2 aromatic rings. The molecule has 2 aliphatic carbocycles. The molecule has 1 radical (unpaired) electrons. The molecule has 0 aromatic heterocycles. The lowest BCUT2D eigenvalue weighted by Crippen LogP contribution is -1.99. The highest BCUT2D eigenvalue weighted by atomic mass is 14.2. The zero-order chi connectivity index (χ0) is 16.2. The first-order valence-corrected chi connectivity index (χ1v) is 8.42. The van der Waals surface area contributed by atoms with Gasteiger partial charge in [-0.3, -0.25) is 0 Å². The van der Waals surface area contributed by atoms with Gasteiger partial charge in [-0.2, -0.15) is 0 Å². The summed E-state index contributed by atoms with van der Waals surface area (Å²) in [5, 5.41) is 0. The minimum atomic E-state index is 0.899. The Balaban J connectivity index is 2.00. The highest BCUT2D eigenvalue weighted by molar-refractivity contribution is 5.88. The topological polar surface area (TPSA) is 0 Å². The molecule has 0 saturated carbocycles. The fraction of sp³-hybridized carbons (Fsp3) is 0.0833. The van der Waals surface area contributed by atoms with Crippen LogP contribution < -0.4 is 0 Å². The monoisotopic (exact) mass is 307 g/mol. The molecule has 2 aromatic carbocycles. The van der Waals surface area contributed by atoms with E-state index in [1.807, 2.05) is 0 Å². The van der Waals surface area contributed by atoms with E-state index in [1.54, 1.807) is 0 Å². The van der Waals surface area contributed by atoms with Gasteiger partial charge in [0.15, 0.2) is 0 Å². The van der Waals surface area contributed by atoms with Gasteiger partial charge in [-0.15, -0.1) is 0 Å². The molecule has 0 unspecified atom stereocenters. The Bertz CT molecular complexity index is 831. The fourth-order valence-corrected chi connectivity index (χ4v) is 3.34. The summed E-state index contributed by atoms with van der Waals surface area (Å²) in [6.07, 6.45) is 16.4. The minimum Gasteiger partial charge on any atom is -0.0801 e. The lowest BCUT2D eigenvalue weighted by molar-refractivity contribution is 1.25. The summed E-state index contributed by atoms with van der Waals surface area (Å²) in [5.74, 6) is 0. The molecule has 2 aliphatic rings. The average Bonchev–Trinajstić information content (AvgIpc) is 3.35. The standard InChI is InChI=1S/C24H19/c1-3-11-19(12-4-1)23(20-13-5-2-6-14-20)24(21-15-7-8-16-21)22-17-9-10-18-22/h1-9,11-15,17H,10,16H2. The average molecular weight is 307 g/mol. The second-order valence-corrected chi connectivity index (χ2v) is 6.00. The van der Waals surface area contributed by atoms with Gasteiger partial charge in [0.1, 0.15) is 0 Å². The Hall–Kier alpha value is -2.86. The molecule has 0 bridgehead atoms. The summed E-state index contributed by atoms with van der Waals surface area (Å²) in [5.41, 5.74) is 7.69. The Morgan fingerprint density at radius 1 is 0.750 bits per heavy atom. The van der Waals surface area contributed by atoms with E-state index in [9.17, 15) is 0 Å². The van der Waals surface area contributed by atoms with Crippen molar-refractivity contribution in [3.63, 3.8) is 0 Å². The maximum absolute atomic E-state index is 3.53. The number of rotatable bonds is 4. The maximum Gasteiger partial charge on any atom is -0.00299 e. The Kier molecular flexibility index (Phi) is 4.12. The second kappa shape index (κ2) is 6.72. The molecule has 0 saturated heterocycles. The van der Waals surface area contributed by atoms with Crippen molar-refractivity contribution in [3.05, 3.63) is 125 Å². The molecule has 0 amide bonds. The van der Waals surface area contributed by atoms with E-state index in [2.05, 4.69) is 97.1 Å². The van der Waals surface area contributed by atoms with Crippen LogP contribution in [0.15, 0.2) is 108 Å². The van der Waals surface area contributed by atoms with Crippen molar-refractivity contribution in [3.8, 4) is 0 Å². The summed E-state index contributed by atoms with van der Waals surface area (Å²) < 4.78 is 0. The molecule has 0 nitrogen and oxygen atoms in total. The number of allylic oxidation sites excluding steroid dienone is 9. The SMILES string of the molecule is [C]1=C(C(C2=CC=CC2)=C(c2ccccc2)c2ccccc2)C=CC1. The van der Waals surface area contributed by atoms with Crippen LogP contribution in [0.3, 0.4) is 0 Å². The van der Waals surface area contributed by atoms with Crippen molar-refractivity contribution in [2.45, 2.75) is 12.8 Å². The van der Waals surface area contributed by atoms with Crippen LogP contribution >= 0.6 is 0 Å². The summed E-state index contributed by atoms with van der Waals surface area (Å²) in [7, 11) is 0. The number of hydrogen-bond acceptors (Lipinski definition) is 0. The molecule has 0 N–H and O–H groups in total. The van der Waals surface area contributed by atoms with E-state index >= 15 is 0 Å². The summed E-state index contributed by atoms with van der Waals surface area (Å²) in [6.45, 7) is 0. The molecule has 0 heterocycles. The molecule has 0 heteroatoms. The molecule has 0 fully saturated rings. The van der Waals surface area contributed by atoms with Crippen LogP contribution in [0.5, 0.6) is 0 Å². The molecule has 0 aliphatic heterocycles. The zero-order valence-electron chi connectivity index (χ0n) is 13.6. The molecule has 0 atom stereocenters. The van der Waals surface area contributed by atoms with Gasteiger partial charge in [-0.1, -0.05) is 91.0 Å². The Labute approximate surface area is 143 Å². The fourth-order valence-electron chi connectivity index (χ4n) is 3.34. The van der Waals surface area contributed by atoms with Crippen LogP contribution in [-0.4, -0.2) is 0 Å². The zero-order valence-corrected chi connectivity index (χ0v) is 13.6. The summed E-state index contributed by atoms with van der Waals surface area (Å²) >= 11 is 0. The van der Waals surface area contributed by atoms with Gasteiger partial charge in [-0.05, 0) is 52.3 Å². The highest BCUT2D eigenvalue weighted by Gasteiger charge is 2.19. The van der Waals surface area contributed by atoms with Gasteiger partial charge in [-0.25, -0.2) is 0 Å². The van der Waals surface area contributed by atoms with Crippen LogP contribution in [0, 0.1) is 6.08 Å². The van der Waals surface area contributed by atoms with Gasteiger partial charge in [0.05, 0.1) is 0 Å². The van der Waals surface area contributed by atoms with E-state index < -0.39 is 0 Å². The van der Waals surface area contributed by atoms with Gasteiger partial charge >= 0.3 is 0 Å². The summed E-state index contributed by atoms with van der Waals surface area (Å²) in [6, 6.07) is 21.4. The van der Waals surface area contributed by atoms with Crippen LogP contribution in [-0.2, 0) is 0 Å². The summed E-state index contributed by atoms with van der Waals surface area (Å²) in [4.78, 5) is 0. The predicted molar refractivity (Wildman–Crippen MR) is 101 cm³/mol. The number of benzene rings is 2. The highest BCUT2D eigenvalue weighted by Crippen LogP contribution is 2.38. The first-order valence-electron chi connectivity index (χ1n) is 8.42. The van der Waals surface area contributed by atoms with E-state index in [0.717, 1.165) is 12.8 Å². The van der Waals surface area contributed by atoms with Crippen LogP contribution in [0.1, 0.15) is 24.0 Å². The molecular formula is C24H19. The largest absolute Gasteiger partial charge is 0.0801 e. The van der Waals surface area contributed by atoms with Crippen LogP contribution in [0.25, 0.3) is 5.57 Å². The van der Waals surface area contributed by atoms with Gasteiger partial charge in [0, 0.05) is 0 Å².